The highest BCUT2D eigenvalue weighted by atomic mass is 32.1. The van der Waals surface area contributed by atoms with Crippen molar-refractivity contribution in [2.75, 3.05) is 18.8 Å². The highest BCUT2D eigenvalue weighted by Crippen LogP contribution is 2.49. The second-order valence-electron chi connectivity index (χ2n) is 11.5. The minimum atomic E-state index is -1.51. The van der Waals surface area contributed by atoms with Gasteiger partial charge < -0.3 is 27.4 Å². The van der Waals surface area contributed by atoms with Crippen LogP contribution in [0.5, 0.6) is 0 Å². The molecule has 0 bridgehead atoms. The van der Waals surface area contributed by atoms with Crippen LogP contribution in [-0.2, 0) is 15.1 Å². The number of carbonyl (C=O) groups excluding carboxylic acids is 3. The maximum atomic E-state index is 14.2. The summed E-state index contributed by atoms with van der Waals surface area (Å²) in [5.41, 5.74) is 21.8. The van der Waals surface area contributed by atoms with Gasteiger partial charge >= 0.3 is 0 Å². The fourth-order valence-electron chi connectivity index (χ4n) is 6.84. The fourth-order valence-corrected chi connectivity index (χ4v) is 8.04. The molecule has 3 aliphatic rings. The van der Waals surface area contributed by atoms with Crippen molar-refractivity contribution in [1.82, 2.24) is 15.2 Å². The second-order valence-corrected chi connectivity index (χ2v) is 12.5. The quantitative estimate of drug-likeness (QED) is 0.269. The van der Waals surface area contributed by atoms with E-state index < -0.39 is 11.6 Å². The average molecular weight is 573 g/mol. The Morgan fingerprint density at radius 2 is 1.93 bits per heavy atom. The standard InChI is InChI=1S/C31H36N6O3S/c1-2-23(38)37-14-6-9-19(16-37)36-30(40)28-25-24-20(10-11-21(32)27(24)41-28)31(34,29(39)26(25)33)18-12-13-35-22(15-18)17-7-4-3-5-8-17/h2,10-13,15,17,19,26H,1,3-9,14,16,32-34H2,(H,36,40). The van der Waals surface area contributed by atoms with E-state index in [2.05, 4.69) is 16.9 Å². The van der Waals surface area contributed by atoms with Crippen LogP contribution in [-0.4, -0.2) is 46.6 Å². The number of ketones is 1. The van der Waals surface area contributed by atoms with Crippen molar-refractivity contribution in [3.05, 3.63) is 70.4 Å². The number of nitrogens with two attached hydrogens (primary N) is 3. The van der Waals surface area contributed by atoms with Crippen LogP contribution in [0.1, 0.15) is 89.0 Å². The Balaban J connectivity index is 1.40. The summed E-state index contributed by atoms with van der Waals surface area (Å²) in [6.45, 7) is 4.59. The van der Waals surface area contributed by atoms with Crippen molar-refractivity contribution >= 4 is 44.7 Å². The molecule has 10 heteroatoms. The van der Waals surface area contributed by atoms with Crippen molar-refractivity contribution in [3.63, 3.8) is 0 Å². The first-order valence-electron chi connectivity index (χ1n) is 14.4. The van der Waals surface area contributed by atoms with Gasteiger partial charge in [0.1, 0.15) is 5.54 Å². The van der Waals surface area contributed by atoms with Crippen LogP contribution in [0.3, 0.4) is 0 Å². The van der Waals surface area contributed by atoms with E-state index in [0.29, 0.717) is 56.3 Å². The lowest BCUT2D eigenvalue weighted by Crippen LogP contribution is -2.53. The molecule has 214 valence electrons. The molecule has 6 rings (SSSR count). The molecule has 2 fully saturated rings. The summed E-state index contributed by atoms with van der Waals surface area (Å²) in [6.07, 6.45) is 10.2. The number of Topliss-reactive ketones (excluding diaryl/α,β-unsaturated/α-hetero) is 1. The molecule has 41 heavy (non-hydrogen) atoms. The maximum Gasteiger partial charge on any atom is 0.262 e. The Hall–Kier alpha value is -3.60. The number of carbonyl (C=O) groups is 3. The second kappa shape index (κ2) is 10.7. The molecule has 1 saturated carbocycles. The summed E-state index contributed by atoms with van der Waals surface area (Å²) in [4.78, 5) is 46.7. The predicted molar refractivity (Wildman–Crippen MR) is 160 cm³/mol. The van der Waals surface area contributed by atoms with Gasteiger partial charge in [0.2, 0.25) is 5.91 Å². The van der Waals surface area contributed by atoms with Crippen LogP contribution in [0, 0.1) is 0 Å². The van der Waals surface area contributed by atoms with Crippen molar-refractivity contribution < 1.29 is 14.4 Å². The normalized spacial score (nSPS) is 24.8. The van der Waals surface area contributed by atoms with E-state index in [1.807, 2.05) is 6.07 Å². The summed E-state index contributed by atoms with van der Waals surface area (Å²) < 4.78 is 0.689. The summed E-state index contributed by atoms with van der Waals surface area (Å²) in [7, 11) is 0. The molecule has 7 N–H and O–H groups in total. The van der Waals surface area contributed by atoms with Gasteiger partial charge in [-0.1, -0.05) is 31.9 Å². The number of nitrogens with one attached hydrogen (secondary N) is 1. The van der Waals surface area contributed by atoms with Crippen LogP contribution in [0.15, 0.2) is 43.1 Å². The molecule has 3 atom stereocenters. The van der Waals surface area contributed by atoms with E-state index in [1.165, 1.54) is 36.7 Å². The zero-order chi connectivity index (χ0) is 28.9. The third kappa shape index (κ3) is 4.54. The summed E-state index contributed by atoms with van der Waals surface area (Å²) in [6, 6.07) is 5.96. The van der Waals surface area contributed by atoms with Gasteiger partial charge in [-0.3, -0.25) is 19.4 Å². The number of likely N-dealkylation sites (tertiary alicyclic amines) is 1. The number of piperidine rings is 1. The molecule has 9 nitrogen and oxygen atoms in total. The Bertz CT molecular complexity index is 1560. The SMILES string of the molecule is C=CC(=O)N1CCCC(NC(=O)c2sc3c(N)ccc4c3c2C(N)C(=O)C4(N)c2ccnc(C3CCCCC3)c2)C1. The molecule has 3 unspecified atom stereocenters. The smallest absolute Gasteiger partial charge is 0.262 e. The van der Waals surface area contributed by atoms with Crippen LogP contribution < -0.4 is 22.5 Å². The Morgan fingerprint density at radius 1 is 1.15 bits per heavy atom. The highest BCUT2D eigenvalue weighted by Gasteiger charge is 2.49. The van der Waals surface area contributed by atoms with Crippen molar-refractivity contribution in [2.45, 2.75) is 68.5 Å². The number of nitrogens with zero attached hydrogens (tertiary/aromatic N) is 2. The number of rotatable bonds is 5. The molecule has 3 aromatic rings. The number of hydrogen-bond acceptors (Lipinski definition) is 8. The van der Waals surface area contributed by atoms with E-state index in [1.54, 1.807) is 29.3 Å². The molecule has 2 amide bonds. The first-order valence-corrected chi connectivity index (χ1v) is 15.2. The molecular weight excluding hydrogens is 536 g/mol. The van der Waals surface area contributed by atoms with Crippen molar-refractivity contribution in [1.29, 1.82) is 0 Å². The molecule has 1 saturated heterocycles. The van der Waals surface area contributed by atoms with Crippen LogP contribution in [0.25, 0.3) is 10.1 Å². The molecular formula is C31H36N6O3S. The zero-order valence-corrected chi connectivity index (χ0v) is 23.8. The van der Waals surface area contributed by atoms with Gasteiger partial charge in [0.05, 0.1) is 15.6 Å². The molecule has 1 aliphatic heterocycles. The average Bonchev–Trinajstić information content (AvgIpc) is 3.42. The van der Waals surface area contributed by atoms with Gasteiger partial charge in [0.25, 0.3) is 5.91 Å². The van der Waals surface area contributed by atoms with Gasteiger partial charge in [0, 0.05) is 53.6 Å². The van der Waals surface area contributed by atoms with E-state index in [0.717, 1.165) is 31.4 Å². The van der Waals surface area contributed by atoms with Crippen LogP contribution >= 0.6 is 11.3 Å². The topological polar surface area (TPSA) is 157 Å². The summed E-state index contributed by atoms with van der Waals surface area (Å²) >= 11 is 1.23. The van der Waals surface area contributed by atoms with Gasteiger partial charge in [-0.25, -0.2) is 0 Å². The molecule has 0 radical (unpaired) electrons. The monoisotopic (exact) mass is 572 g/mol. The molecule has 2 aromatic heterocycles. The summed E-state index contributed by atoms with van der Waals surface area (Å²) in [5.74, 6) is -0.519. The number of benzene rings is 1. The fraction of sp³-hybridized carbons (Fsp3) is 0.419. The van der Waals surface area contributed by atoms with E-state index in [-0.39, 0.29) is 23.6 Å². The van der Waals surface area contributed by atoms with E-state index in [9.17, 15) is 14.4 Å². The van der Waals surface area contributed by atoms with Gasteiger partial charge in [-0.15, -0.1) is 11.3 Å². The largest absolute Gasteiger partial charge is 0.398 e. The number of thiophene rings is 1. The number of pyridine rings is 1. The summed E-state index contributed by atoms with van der Waals surface area (Å²) in [5, 5.41) is 3.75. The lowest BCUT2D eigenvalue weighted by atomic mass is 9.70. The van der Waals surface area contributed by atoms with E-state index in [4.69, 9.17) is 17.2 Å². The third-order valence-electron chi connectivity index (χ3n) is 9.02. The molecule has 0 spiro atoms. The highest BCUT2D eigenvalue weighted by molar-refractivity contribution is 7.21. The lowest BCUT2D eigenvalue weighted by Gasteiger charge is -2.37. The maximum absolute atomic E-state index is 14.2. The minimum absolute atomic E-state index is 0.159. The number of anilines is 1. The van der Waals surface area contributed by atoms with Gasteiger partial charge in [0.15, 0.2) is 5.78 Å². The Morgan fingerprint density at radius 3 is 2.68 bits per heavy atom. The minimum Gasteiger partial charge on any atom is -0.398 e. The van der Waals surface area contributed by atoms with Crippen LogP contribution in [0.4, 0.5) is 5.69 Å². The number of nitrogen functional groups attached to an aromatic ring is 1. The Kier molecular flexibility index (Phi) is 7.17. The molecule has 1 aromatic carbocycles. The number of aromatic nitrogens is 1. The molecule has 3 heterocycles. The number of amides is 2. The van der Waals surface area contributed by atoms with Crippen molar-refractivity contribution in [2.24, 2.45) is 11.5 Å². The zero-order valence-electron chi connectivity index (χ0n) is 23.0. The van der Waals surface area contributed by atoms with Crippen LogP contribution in [0.2, 0.25) is 0 Å². The lowest BCUT2D eigenvalue weighted by molar-refractivity contribution is -0.127. The predicted octanol–water partition coefficient (Wildman–Crippen LogP) is 3.62. The number of hydrogen-bond donors (Lipinski definition) is 4. The Labute approximate surface area is 243 Å². The first kappa shape index (κ1) is 27.6. The molecule has 2 aliphatic carbocycles. The van der Waals surface area contributed by atoms with E-state index >= 15 is 0 Å². The van der Waals surface area contributed by atoms with Gasteiger partial charge in [-0.05, 0) is 61.1 Å². The first-order chi connectivity index (χ1) is 19.7. The van der Waals surface area contributed by atoms with Gasteiger partial charge in [-0.2, -0.15) is 0 Å². The van der Waals surface area contributed by atoms with Crippen molar-refractivity contribution in [3.8, 4) is 0 Å². The third-order valence-corrected chi connectivity index (χ3v) is 10.3.